The molecule has 0 atom stereocenters. The fourth-order valence-electron chi connectivity index (χ4n) is 3.97. The van der Waals surface area contributed by atoms with Crippen LogP contribution in [0.5, 0.6) is 0 Å². The number of aromatic nitrogens is 2. The molecule has 11 heteroatoms. The van der Waals surface area contributed by atoms with Crippen LogP contribution in [0.25, 0.3) is 21.3 Å². The van der Waals surface area contributed by atoms with Crippen LogP contribution >= 0.6 is 23.1 Å². The van der Waals surface area contributed by atoms with Crippen molar-refractivity contribution in [2.24, 2.45) is 0 Å². The van der Waals surface area contributed by atoms with Gasteiger partial charge in [0.05, 0.1) is 16.0 Å². The van der Waals surface area contributed by atoms with E-state index in [0.717, 1.165) is 11.1 Å². The number of benzene rings is 2. The number of carbonyl (C=O) groups excluding carboxylic acids is 1. The fraction of sp³-hybridized carbons (Fsp3) is 0.208. The molecule has 4 aromatic rings. The predicted molar refractivity (Wildman–Crippen MR) is 138 cm³/mol. The van der Waals surface area contributed by atoms with Gasteiger partial charge in [-0.1, -0.05) is 60.3 Å². The molecule has 0 radical (unpaired) electrons. The van der Waals surface area contributed by atoms with Crippen molar-refractivity contribution in [3.05, 3.63) is 76.4 Å². The average Bonchev–Trinajstić information content (AvgIpc) is 3.33. The van der Waals surface area contributed by atoms with Crippen molar-refractivity contribution in [1.82, 2.24) is 19.2 Å². The summed E-state index contributed by atoms with van der Waals surface area (Å²) in [7, 11) is -3.57. The van der Waals surface area contributed by atoms with Crippen LogP contribution in [0, 0.1) is 0 Å². The molecular formula is C24H22N4O4S3. The van der Waals surface area contributed by atoms with Crippen molar-refractivity contribution in [2.75, 3.05) is 31.9 Å². The van der Waals surface area contributed by atoms with Gasteiger partial charge in [-0.05, 0) is 17.7 Å². The third-order valence-corrected chi connectivity index (χ3v) is 9.45. The molecule has 2 aromatic carbocycles. The van der Waals surface area contributed by atoms with Gasteiger partial charge in [-0.2, -0.15) is 4.31 Å². The number of hydrogen-bond donors (Lipinski definition) is 1. The van der Waals surface area contributed by atoms with Gasteiger partial charge in [-0.15, -0.1) is 11.3 Å². The normalized spacial score (nSPS) is 14.9. The van der Waals surface area contributed by atoms with Crippen LogP contribution in [0.1, 0.15) is 0 Å². The second kappa shape index (κ2) is 9.94. The number of amides is 1. The van der Waals surface area contributed by atoms with E-state index in [1.54, 1.807) is 35.2 Å². The number of nitrogens with zero attached hydrogens (tertiary/aromatic N) is 3. The molecule has 1 saturated heterocycles. The van der Waals surface area contributed by atoms with E-state index < -0.39 is 10.0 Å². The van der Waals surface area contributed by atoms with Crippen molar-refractivity contribution in [2.45, 2.75) is 10.1 Å². The van der Waals surface area contributed by atoms with Gasteiger partial charge in [0.25, 0.3) is 5.56 Å². The number of hydrogen-bond acceptors (Lipinski definition) is 7. The Bertz CT molecular complexity index is 1510. The number of nitrogens with one attached hydrogen (secondary N) is 1. The monoisotopic (exact) mass is 526 g/mol. The van der Waals surface area contributed by atoms with Crippen molar-refractivity contribution in [1.29, 1.82) is 0 Å². The molecule has 1 fully saturated rings. The second-order valence-electron chi connectivity index (χ2n) is 7.95. The minimum absolute atomic E-state index is 0.108. The van der Waals surface area contributed by atoms with Crippen LogP contribution in [-0.4, -0.2) is 65.4 Å². The molecule has 0 aliphatic carbocycles. The third-order valence-electron chi connectivity index (χ3n) is 5.81. The SMILES string of the molecule is O=C(CSc1nc2scc(-c3ccccc3)c2c(=O)[nH]1)N1CCN(S(=O)(=O)c2ccccc2)CC1. The van der Waals surface area contributed by atoms with Crippen LogP contribution in [0.3, 0.4) is 0 Å². The number of rotatable bonds is 6. The highest BCUT2D eigenvalue weighted by molar-refractivity contribution is 7.99. The summed E-state index contributed by atoms with van der Waals surface area (Å²) in [5.41, 5.74) is 1.56. The summed E-state index contributed by atoms with van der Waals surface area (Å²) < 4.78 is 27.0. The summed E-state index contributed by atoms with van der Waals surface area (Å²) in [6.45, 7) is 1.12. The number of aromatic amines is 1. The Hall–Kier alpha value is -2.99. The molecule has 0 spiro atoms. The molecule has 8 nitrogen and oxygen atoms in total. The maximum Gasteiger partial charge on any atom is 0.260 e. The fourth-order valence-corrected chi connectivity index (χ4v) is 7.18. The molecule has 0 bridgehead atoms. The number of H-pyrrole nitrogens is 1. The molecule has 1 aliphatic heterocycles. The minimum Gasteiger partial charge on any atom is -0.339 e. The minimum atomic E-state index is -3.57. The second-order valence-corrected chi connectivity index (χ2v) is 11.7. The number of sulfonamides is 1. The molecule has 180 valence electrons. The highest BCUT2D eigenvalue weighted by Gasteiger charge is 2.30. The first-order valence-corrected chi connectivity index (χ1v) is 14.3. The van der Waals surface area contributed by atoms with Gasteiger partial charge in [0.1, 0.15) is 4.83 Å². The standard InChI is InChI=1S/C24H22N4O4S3/c29-20(27-11-13-28(14-12-27)35(31,32)18-9-5-2-6-10-18)16-34-24-25-22(30)21-19(15-33-23(21)26-24)17-7-3-1-4-8-17/h1-10,15H,11-14,16H2,(H,25,26,30). The van der Waals surface area contributed by atoms with Crippen molar-refractivity contribution >= 4 is 49.2 Å². The maximum absolute atomic E-state index is 12.8. The third kappa shape index (κ3) is 4.90. The summed E-state index contributed by atoms with van der Waals surface area (Å²) in [5.74, 6) is -0.0118. The van der Waals surface area contributed by atoms with E-state index in [9.17, 15) is 18.0 Å². The zero-order chi connectivity index (χ0) is 24.4. The van der Waals surface area contributed by atoms with Crippen molar-refractivity contribution in [3.8, 4) is 11.1 Å². The molecule has 2 aromatic heterocycles. The van der Waals surface area contributed by atoms with Gasteiger partial charge in [0, 0.05) is 37.1 Å². The zero-order valence-electron chi connectivity index (χ0n) is 18.6. The lowest BCUT2D eigenvalue weighted by atomic mass is 10.1. The molecule has 1 amide bonds. The Morgan fingerprint density at radius 3 is 2.34 bits per heavy atom. The van der Waals surface area contributed by atoms with Gasteiger partial charge >= 0.3 is 0 Å². The number of carbonyl (C=O) groups is 1. The molecule has 0 unspecified atom stereocenters. The molecule has 1 aliphatic rings. The Morgan fingerprint density at radius 2 is 1.66 bits per heavy atom. The van der Waals surface area contributed by atoms with E-state index in [2.05, 4.69) is 9.97 Å². The van der Waals surface area contributed by atoms with Crippen LogP contribution in [0.2, 0.25) is 0 Å². The lowest BCUT2D eigenvalue weighted by Crippen LogP contribution is -2.50. The molecular weight excluding hydrogens is 504 g/mol. The van der Waals surface area contributed by atoms with E-state index >= 15 is 0 Å². The molecule has 5 rings (SSSR count). The smallest absolute Gasteiger partial charge is 0.260 e. The Kier molecular flexibility index (Phi) is 6.74. The predicted octanol–water partition coefficient (Wildman–Crippen LogP) is 3.28. The van der Waals surface area contributed by atoms with Crippen LogP contribution < -0.4 is 5.56 Å². The van der Waals surface area contributed by atoms with E-state index in [4.69, 9.17) is 0 Å². The van der Waals surface area contributed by atoms with E-state index in [1.165, 1.54) is 27.4 Å². The van der Waals surface area contributed by atoms with Crippen molar-refractivity contribution < 1.29 is 13.2 Å². The van der Waals surface area contributed by atoms with Gasteiger partial charge in [0.2, 0.25) is 15.9 Å². The lowest BCUT2D eigenvalue weighted by molar-refractivity contribution is -0.129. The summed E-state index contributed by atoms with van der Waals surface area (Å²) in [4.78, 5) is 35.4. The molecule has 0 saturated carbocycles. The lowest BCUT2D eigenvalue weighted by Gasteiger charge is -2.34. The summed E-state index contributed by atoms with van der Waals surface area (Å²) >= 11 is 2.57. The highest BCUT2D eigenvalue weighted by atomic mass is 32.2. The number of fused-ring (bicyclic) bond motifs is 1. The summed E-state index contributed by atoms with van der Waals surface area (Å²) in [6.07, 6.45) is 0. The highest BCUT2D eigenvalue weighted by Crippen LogP contribution is 2.31. The van der Waals surface area contributed by atoms with Gasteiger partial charge in [-0.3, -0.25) is 9.59 Å². The quantitative estimate of drug-likeness (QED) is 0.306. The Morgan fingerprint density at radius 1 is 1.00 bits per heavy atom. The largest absolute Gasteiger partial charge is 0.339 e. The van der Waals surface area contributed by atoms with Gasteiger partial charge in [0.15, 0.2) is 5.16 Å². The average molecular weight is 527 g/mol. The summed E-state index contributed by atoms with van der Waals surface area (Å²) in [5, 5.41) is 2.86. The van der Waals surface area contributed by atoms with E-state index in [-0.39, 0.29) is 35.2 Å². The topological polar surface area (TPSA) is 103 Å². The summed E-state index contributed by atoms with van der Waals surface area (Å²) in [6, 6.07) is 18.0. The maximum atomic E-state index is 12.8. The molecule has 3 heterocycles. The van der Waals surface area contributed by atoms with Crippen LogP contribution in [-0.2, 0) is 14.8 Å². The molecule has 35 heavy (non-hydrogen) atoms. The first-order chi connectivity index (χ1) is 16.9. The van der Waals surface area contributed by atoms with E-state index in [0.29, 0.717) is 28.5 Å². The van der Waals surface area contributed by atoms with Crippen molar-refractivity contribution in [3.63, 3.8) is 0 Å². The Labute approximate surface area is 210 Å². The number of thioether (sulfide) groups is 1. The van der Waals surface area contributed by atoms with Crippen LogP contribution in [0.4, 0.5) is 0 Å². The zero-order valence-corrected chi connectivity index (χ0v) is 21.0. The van der Waals surface area contributed by atoms with E-state index in [1.807, 2.05) is 35.7 Å². The first kappa shape index (κ1) is 23.7. The first-order valence-electron chi connectivity index (χ1n) is 11.0. The molecule has 1 N–H and O–H groups in total. The number of thiophene rings is 1. The Balaban J connectivity index is 1.22. The van der Waals surface area contributed by atoms with Gasteiger partial charge in [-0.25, -0.2) is 13.4 Å². The number of piperazine rings is 1. The van der Waals surface area contributed by atoms with Crippen LogP contribution in [0.15, 0.2) is 80.9 Å². The van der Waals surface area contributed by atoms with Gasteiger partial charge < -0.3 is 9.88 Å².